The lowest BCUT2D eigenvalue weighted by molar-refractivity contribution is 0.0786. The van der Waals surface area contributed by atoms with Crippen molar-refractivity contribution in [3.05, 3.63) is 53.6 Å². The molecule has 1 amide bonds. The minimum absolute atomic E-state index is 0.00274. The molecular formula is C19H20N6O2. The van der Waals surface area contributed by atoms with Gasteiger partial charge in [0.25, 0.3) is 5.91 Å². The van der Waals surface area contributed by atoms with Gasteiger partial charge in [-0.15, -0.1) is 0 Å². The molecule has 1 aliphatic rings. The van der Waals surface area contributed by atoms with Crippen molar-refractivity contribution in [1.82, 2.24) is 30.2 Å². The van der Waals surface area contributed by atoms with Crippen LogP contribution < -0.4 is 0 Å². The maximum absolute atomic E-state index is 12.5. The van der Waals surface area contributed by atoms with E-state index >= 15 is 0 Å². The number of hydrogen-bond donors (Lipinski definition) is 0. The Kier molecular flexibility index (Phi) is 4.62. The van der Waals surface area contributed by atoms with Gasteiger partial charge >= 0.3 is 0 Å². The second kappa shape index (κ2) is 7.22. The second-order valence-corrected chi connectivity index (χ2v) is 6.84. The zero-order valence-electron chi connectivity index (χ0n) is 15.3. The van der Waals surface area contributed by atoms with Crippen LogP contribution in [0.3, 0.4) is 0 Å². The third-order valence-corrected chi connectivity index (χ3v) is 4.88. The SMILES string of the molecule is Cc1noc(C)c1-c1cncc(CC2CCN(C(=O)c3ccnnc3)C2)n1. The summed E-state index contributed by atoms with van der Waals surface area (Å²) < 4.78 is 5.23. The van der Waals surface area contributed by atoms with E-state index in [0.29, 0.717) is 18.0 Å². The fourth-order valence-corrected chi connectivity index (χ4v) is 3.55. The van der Waals surface area contributed by atoms with E-state index in [2.05, 4.69) is 20.3 Å². The maximum atomic E-state index is 12.5. The summed E-state index contributed by atoms with van der Waals surface area (Å²) in [5.74, 6) is 1.10. The van der Waals surface area contributed by atoms with Crippen LogP contribution in [0.4, 0.5) is 0 Å². The largest absolute Gasteiger partial charge is 0.361 e. The number of aryl methyl sites for hydroxylation is 2. The fraction of sp³-hybridized carbons (Fsp3) is 0.368. The minimum Gasteiger partial charge on any atom is -0.361 e. The van der Waals surface area contributed by atoms with Crippen molar-refractivity contribution in [3.8, 4) is 11.3 Å². The van der Waals surface area contributed by atoms with Gasteiger partial charge in [-0.25, -0.2) is 4.98 Å². The van der Waals surface area contributed by atoms with E-state index in [1.807, 2.05) is 18.7 Å². The molecule has 1 saturated heterocycles. The lowest BCUT2D eigenvalue weighted by atomic mass is 10.0. The molecule has 4 rings (SSSR count). The molecule has 0 spiro atoms. The Hall–Kier alpha value is -3.16. The van der Waals surface area contributed by atoms with E-state index in [1.54, 1.807) is 18.5 Å². The van der Waals surface area contributed by atoms with E-state index in [0.717, 1.165) is 47.8 Å². The van der Waals surface area contributed by atoms with Gasteiger partial charge in [0, 0.05) is 19.3 Å². The van der Waals surface area contributed by atoms with Crippen molar-refractivity contribution in [2.75, 3.05) is 13.1 Å². The monoisotopic (exact) mass is 364 g/mol. The van der Waals surface area contributed by atoms with Gasteiger partial charge < -0.3 is 9.42 Å². The molecule has 0 aliphatic carbocycles. The van der Waals surface area contributed by atoms with Gasteiger partial charge in [0.15, 0.2) is 0 Å². The van der Waals surface area contributed by atoms with Crippen LogP contribution in [-0.4, -0.2) is 49.2 Å². The molecule has 4 heterocycles. The quantitative estimate of drug-likeness (QED) is 0.700. The maximum Gasteiger partial charge on any atom is 0.255 e. The Morgan fingerprint density at radius 2 is 2.15 bits per heavy atom. The lowest BCUT2D eigenvalue weighted by Crippen LogP contribution is -2.29. The molecule has 0 aromatic carbocycles. The van der Waals surface area contributed by atoms with Gasteiger partial charge in [0.1, 0.15) is 5.76 Å². The fourth-order valence-electron chi connectivity index (χ4n) is 3.55. The first-order valence-corrected chi connectivity index (χ1v) is 8.92. The van der Waals surface area contributed by atoms with Crippen molar-refractivity contribution in [2.45, 2.75) is 26.7 Å². The van der Waals surface area contributed by atoms with Crippen molar-refractivity contribution in [3.63, 3.8) is 0 Å². The van der Waals surface area contributed by atoms with Crippen LogP contribution in [0.5, 0.6) is 0 Å². The molecule has 1 atom stereocenters. The summed E-state index contributed by atoms with van der Waals surface area (Å²) in [6, 6.07) is 1.70. The van der Waals surface area contributed by atoms with Crippen LogP contribution in [0.25, 0.3) is 11.3 Å². The first-order chi connectivity index (χ1) is 13.1. The zero-order valence-corrected chi connectivity index (χ0v) is 15.3. The minimum atomic E-state index is 0.00274. The van der Waals surface area contributed by atoms with Gasteiger partial charge in [-0.05, 0) is 38.7 Å². The van der Waals surface area contributed by atoms with Gasteiger partial charge in [0.05, 0.1) is 46.8 Å². The number of nitrogens with zero attached hydrogens (tertiary/aromatic N) is 6. The van der Waals surface area contributed by atoms with Crippen LogP contribution in [0.2, 0.25) is 0 Å². The Balaban J connectivity index is 1.45. The molecule has 0 bridgehead atoms. The summed E-state index contributed by atoms with van der Waals surface area (Å²) in [6.07, 6.45) is 8.30. The average molecular weight is 364 g/mol. The van der Waals surface area contributed by atoms with Gasteiger partial charge in [-0.1, -0.05) is 5.16 Å². The summed E-state index contributed by atoms with van der Waals surface area (Å²) in [5.41, 5.74) is 3.97. The van der Waals surface area contributed by atoms with Crippen molar-refractivity contribution in [1.29, 1.82) is 0 Å². The molecule has 8 heteroatoms. The van der Waals surface area contributed by atoms with Crippen LogP contribution >= 0.6 is 0 Å². The summed E-state index contributed by atoms with van der Waals surface area (Å²) in [5, 5.41) is 11.5. The third-order valence-electron chi connectivity index (χ3n) is 4.88. The standard InChI is InChI=1S/C19H20N6O2/c1-12-18(13(2)27-24-12)17-10-20-9-16(23-17)7-14-4-6-25(11-14)19(26)15-3-5-21-22-8-15/h3,5,8-10,14H,4,6-7,11H2,1-2H3. The first-order valence-electron chi connectivity index (χ1n) is 8.92. The highest BCUT2D eigenvalue weighted by atomic mass is 16.5. The molecule has 0 radical (unpaired) electrons. The van der Waals surface area contributed by atoms with Gasteiger partial charge in [0.2, 0.25) is 0 Å². The number of rotatable bonds is 4. The molecule has 138 valence electrons. The van der Waals surface area contributed by atoms with Gasteiger partial charge in [-0.2, -0.15) is 10.2 Å². The predicted octanol–water partition coefficient (Wildman–Crippen LogP) is 2.24. The van der Waals surface area contributed by atoms with Crippen molar-refractivity contribution < 1.29 is 9.32 Å². The number of carbonyl (C=O) groups is 1. The molecule has 3 aromatic heterocycles. The predicted molar refractivity (Wildman–Crippen MR) is 96.7 cm³/mol. The van der Waals surface area contributed by atoms with Crippen LogP contribution in [0.1, 0.15) is 33.9 Å². The molecule has 1 fully saturated rings. The molecule has 0 saturated carbocycles. The van der Waals surface area contributed by atoms with E-state index in [4.69, 9.17) is 9.51 Å². The highest BCUT2D eigenvalue weighted by Crippen LogP contribution is 2.26. The van der Waals surface area contributed by atoms with Gasteiger partial charge in [-0.3, -0.25) is 9.78 Å². The molecule has 3 aromatic rings. The third kappa shape index (κ3) is 3.55. The number of hydrogen-bond acceptors (Lipinski definition) is 7. The normalized spacial score (nSPS) is 16.7. The highest BCUT2D eigenvalue weighted by Gasteiger charge is 2.27. The average Bonchev–Trinajstić information content (AvgIpc) is 3.28. The van der Waals surface area contributed by atoms with Crippen LogP contribution in [0.15, 0.2) is 35.4 Å². The molecule has 1 unspecified atom stereocenters. The van der Waals surface area contributed by atoms with E-state index in [9.17, 15) is 4.79 Å². The molecular weight excluding hydrogens is 344 g/mol. The lowest BCUT2D eigenvalue weighted by Gasteiger charge is -2.16. The summed E-state index contributed by atoms with van der Waals surface area (Å²) in [7, 11) is 0. The number of carbonyl (C=O) groups excluding carboxylic acids is 1. The Morgan fingerprint density at radius 3 is 2.89 bits per heavy atom. The van der Waals surface area contributed by atoms with Crippen molar-refractivity contribution >= 4 is 5.91 Å². The first kappa shape index (κ1) is 17.3. The van der Waals surface area contributed by atoms with Crippen molar-refractivity contribution in [2.24, 2.45) is 5.92 Å². The Morgan fingerprint density at radius 1 is 1.26 bits per heavy atom. The van der Waals surface area contributed by atoms with Crippen LogP contribution in [-0.2, 0) is 6.42 Å². The number of likely N-dealkylation sites (tertiary alicyclic amines) is 1. The smallest absolute Gasteiger partial charge is 0.255 e. The van der Waals surface area contributed by atoms with E-state index in [-0.39, 0.29) is 5.91 Å². The highest BCUT2D eigenvalue weighted by molar-refractivity contribution is 5.93. The van der Waals surface area contributed by atoms with Crippen LogP contribution in [0, 0.1) is 19.8 Å². The molecule has 27 heavy (non-hydrogen) atoms. The van der Waals surface area contributed by atoms with E-state index in [1.165, 1.54) is 12.4 Å². The molecule has 1 aliphatic heterocycles. The topological polar surface area (TPSA) is 97.9 Å². The number of amides is 1. The molecule has 0 N–H and O–H groups in total. The Bertz CT molecular complexity index is 936. The second-order valence-electron chi connectivity index (χ2n) is 6.84. The summed E-state index contributed by atoms with van der Waals surface area (Å²) in [6.45, 7) is 5.22. The number of aromatic nitrogens is 5. The van der Waals surface area contributed by atoms with E-state index < -0.39 is 0 Å². The molecule has 8 nitrogen and oxygen atoms in total. The Labute approximate surface area is 156 Å². The summed E-state index contributed by atoms with van der Waals surface area (Å²) in [4.78, 5) is 23.5. The summed E-state index contributed by atoms with van der Waals surface area (Å²) >= 11 is 0. The zero-order chi connectivity index (χ0) is 18.8.